The van der Waals surface area contributed by atoms with Crippen molar-refractivity contribution >= 4 is 48.7 Å². The Bertz CT molecular complexity index is 905. The van der Waals surface area contributed by atoms with Crippen molar-refractivity contribution in [3.05, 3.63) is 62.7 Å². The molecule has 0 aliphatic carbocycles. The summed E-state index contributed by atoms with van der Waals surface area (Å²) in [6.07, 6.45) is 0.157. The minimum absolute atomic E-state index is 0.157. The lowest BCUT2D eigenvalue weighted by atomic mass is 10.1. The number of ether oxygens (including phenoxy) is 1. The summed E-state index contributed by atoms with van der Waals surface area (Å²) in [6, 6.07) is 14.1. The van der Waals surface area contributed by atoms with E-state index in [4.69, 9.17) is 10.5 Å². The van der Waals surface area contributed by atoms with Crippen LogP contribution in [0.3, 0.4) is 0 Å². The first-order chi connectivity index (χ1) is 11.5. The van der Waals surface area contributed by atoms with Crippen LogP contribution in [0.15, 0.2) is 51.5 Å². The van der Waals surface area contributed by atoms with Crippen molar-refractivity contribution in [1.29, 1.82) is 0 Å². The quantitative estimate of drug-likeness (QED) is 0.630. The fraction of sp³-hybridized carbons (Fsp3) is 0.167. The molecule has 0 bridgehead atoms. The molecule has 3 aromatic rings. The van der Waals surface area contributed by atoms with Crippen molar-refractivity contribution in [2.75, 3.05) is 7.11 Å². The molecule has 124 valence electrons. The number of methoxy groups -OCH3 is 1. The number of hydrogen-bond donors (Lipinski definition) is 1. The normalized spacial score (nSPS) is 11.0. The average molecular weight is 452 g/mol. The SMILES string of the molecule is COc1ccc2c(c1Br)c(CC(N)=O)c(Br)n2Cc1ccccc1. The lowest BCUT2D eigenvalue weighted by Crippen LogP contribution is -2.14. The maximum absolute atomic E-state index is 11.5. The van der Waals surface area contributed by atoms with Gasteiger partial charge in [-0.1, -0.05) is 30.3 Å². The van der Waals surface area contributed by atoms with Crippen LogP contribution in [-0.2, 0) is 17.8 Å². The Labute approximate surface area is 156 Å². The molecule has 3 rings (SSSR count). The van der Waals surface area contributed by atoms with Crippen LogP contribution in [0.1, 0.15) is 11.1 Å². The summed E-state index contributed by atoms with van der Waals surface area (Å²) in [6.45, 7) is 0.690. The first-order valence-corrected chi connectivity index (χ1v) is 8.96. The van der Waals surface area contributed by atoms with E-state index in [0.29, 0.717) is 6.54 Å². The molecule has 0 spiro atoms. The molecule has 1 aromatic heterocycles. The van der Waals surface area contributed by atoms with Crippen molar-refractivity contribution in [2.24, 2.45) is 5.73 Å². The van der Waals surface area contributed by atoms with Crippen LogP contribution >= 0.6 is 31.9 Å². The number of nitrogens with two attached hydrogens (primary N) is 1. The lowest BCUT2D eigenvalue weighted by Gasteiger charge is -2.09. The molecule has 0 fully saturated rings. The van der Waals surface area contributed by atoms with Crippen LogP contribution in [0.2, 0.25) is 0 Å². The molecule has 2 N–H and O–H groups in total. The van der Waals surface area contributed by atoms with Crippen molar-refractivity contribution in [3.63, 3.8) is 0 Å². The molecule has 0 saturated carbocycles. The Morgan fingerprint density at radius 1 is 1.17 bits per heavy atom. The number of rotatable bonds is 5. The number of nitrogens with zero attached hydrogens (tertiary/aromatic N) is 1. The summed E-state index contributed by atoms with van der Waals surface area (Å²) < 4.78 is 9.21. The molecule has 0 saturated heterocycles. The number of aromatic nitrogens is 1. The third-order valence-electron chi connectivity index (χ3n) is 3.92. The van der Waals surface area contributed by atoms with E-state index in [9.17, 15) is 4.79 Å². The minimum Gasteiger partial charge on any atom is -0.496 e. The van der Waals surface area contributed by atoms with Gasteiger partial charge in [0, 0.05) is 17.5 Å². The van der Waals surface area contributed by atoms with E-state index >= 15 is 0 Å². The van der Waals surface area contributed by atoms with Gasteiger partial charge >= 0.3 is 0 Å². The molecular weight excluding hydrogens is 436 g/mol. The van der Waals surface area contributed by atoms with Crippen LogP contribution in [-0.4, -0.2) is 17.6 Å². The molecule has 6 heteroatoms. The predicted octanol–water partition coefficient (Wildman–Crippen LogP) is 4.25. The highest BCUT2D eigenvalue weighted by Crippen LogP contribution is 2.40. The molecule has 24 heavy (non-hydrogen) atoms. The molecule has 2 aromatic carbocycles. The molecule has 4 nitrogen and oxygen atoms in total. The highest BCUT2D eigenvalue weighted by atomic mass is 79.9. The predicted molar refractivity (Wildman–Crippen MR) is 102 cm³/mol. The summed E-state index contributed by atoms with van der Waals surface area (Å²) in [7, 11) is 1.62. The first-order valence-electron chi connectivity index (χ1n) is 7.38. The van der Waals surface area contributed by atoms with Gasteiger partial charge in [0.2, 0.25) is 5.91 Å². The molecule has 1 heterocycles. The molecule has 0 aliphatic heterocycles. The van der Waals surface area contributed by atoms with Gasteiger partial charge in [-0.05, 0) is 49.6 Å². The Balaban J connectivity index is 2.24. The van der Waals surface area contributed by atoms with Crippen molar-refractivity contribution < 1.29 is 9.53 Å². The Morgan fingerprint density at radius 3 is 2.50 bits per heavy atom. The van der Waals surface area contributed by atoms with Gasteiger partial charge in [0.25, 0.3) is 0 Å². The highest BCUT2D eigenvalue weighted by Gasteiger charge is 2.21. The topological polar surface area (TPSA) is 57.2 Å². The fourth-order valence-electron chi connectivity index (χ4n) is 2.84. The van der Waals surface area contributed by atoms with Gasteiger partial charge < -0.3 is 15.0 Å². The number of halogens is 2. The number of amides is 1. The Morgan fingerprint density at radius 2 is 1.88 bits per heavy atom. The minimum atomic E-state index is -0.371. The van der Waals surface area contributed by atoms with Crippen LogP contribution < -0.4 is 10.5 Å². The van der Waals surface area contributed by atoms with Gasteiger partial charge in [-0.15, -0.1) is 0 Å². The smallest absolute Gasteiger partial charge is 0.221 e. The fourth-order valence-corrected chi connectivity index (χ4v) is 4.24. The number of primary amides is 1. The van der Waals surface area contributed by atoms with Crippen LogP contribution in [0.4, 0.5) is 0 Å². The molecule has 0 radical (unpaired) electrons. The van der Waals surface area contributed by atoms with Gasteiger partial charge in [0.15, 0.2) is 0 Å². The first kappa shape index (κ1) is 17.0. The zero-order valence-corrected chi connectivity index (χ0v) is 16.2. The number of benzene rings is 2. The van der Waals surface area contributed by atoms with Gasteiger partial charge in [-0.3, -0.25) is 4.79 Å². The van der Waals surface area contributed by atoms with Crippen LogP contribution in [0, 0.1) is 0 Å². The van der Waals surface area contributed by atoms with Gasteiger partial charge in [-0.25, -0.2) is 0 Å². The molecule has 0 unspecified atom stereocenters. The Hall–Kier alpha value is -1.79. The van der Waals surface area contributed by atoms with E-state index in [1.54, 1.807) is 7.11 Å². The van der Waals surface area contributed by atoms with Crippen molar-refractivity contribution in [3.8, 4) is 5.75 Å². The summed E-state index contributed by atoms with van der Waals surface area (Å²) >= 11 is 7.26. The summed E-state index contributed by atoms with van der Waals surface area (Å²) in [5, 5.41) is 0.941. The second-order valence-electron chi connectivity index (χ2n) is 5.46. The number of carbonyl (C=O) groups excluding carboxylic acids is 1. The van der Waals surface area contributed by atoms with E-state index in [1.165, 1.54) is 5.56 Å². The second-order valence-corrected chi connectivity index (χ2v) is 7.00. The monoisotopic (exact) mass is 450 g/mol. The van der Waals surface area contributed by atoms with E-state index in [1.807, 2.05) is 30.3 Å². The highest BCUT2D eigenvalue weighted by molar-refractivity contribution is 9.11. The Kier molecular flexibility index (Phi) is 4.96. The zero-order valence-electron chi connectivity index (χ0n) is 13.1. The van der Waals surface area contributed by atoms with Gasteiger partial charge in [-0.2, -0.15) is 0 Å². The van der Waals surface area contributed by atoms with Crippen molar-refractivity contribution in [2.45, 2.75) is 13.0 Å². The van der Waals surface area contributed by atoms with Gasteiger partial charge in [0.1, 0.15) is 5.75 Å². The van der Waals surface area contributed by atoms with E-state index < -0.39 is 0 Å². The lowest BCUT2D eigenvalue weighted by molar-refractivity contribution is -0.117. The van der Waals surface area contributed by atoms with Gasteiger partial charge in [0.05, 0.1) is 28.1 Å². The van der Waals surface area contributed by atoms with Crippen LogP contribution in [0.5, 0.6) is 5.75 Å². The van der Waals surface area contributed by atoms with Crippen molar-refractivity contribution in [1.82, 2.24) is 4.57 Å². The molecular formula is C18H16Br2N2O2. The summed E-state index contributed by atoms with van der Waals surface area (Å²) in [4.78, 5) is 11.5. The maximum Gasteiger partial charge on any atom is 0.221 e. The van der Waals surface area contributed by atoms with E-state index in [2.05, 4.69) is 48.6 Å². The number of hydrogen-bond acceptors (Lipinski definition) is 2. The zero-order chi connectivity index (χ0) is 17.3. The average Bonchev–Trinajstić information content (AvgIpc) is 2.82. The summed E-state index contributed by atoms with van der Waals surface area (Å²) in [5.74, 6) is 0.349. The van der Waals surface area contributed by atoms with E-state index in [-0.39, 0.29) is 12.3 Å². The van der Waals surface area contributed by atoms with Crippen LogP contribution in [0.25, 0.3) is 10.9 Å². The second kappa shape index (κ2) is 6.99. The molecule has 0 aliphatic rings. The summed E-state index contributed by atoms with van der Waals surface area (Å²) in [5.41, 5.74) is 8.49. The maximum atomic E-state index is 11.5. The standard InChI is InChI=1S/C18H16Br2N2O2/c1-24-14-8-7-13-16(17(14)19)12(9-15(21)23)18(20)22(13)10-11-5-3-2-4-6-11/h2-8H,9-10H2,1H3,(H2,21,23). The number of fused-ring (bicyclic) bond motifs is 1. The molecule has 1 amide bonds. The largest absolute Gasteiger partial charge is 0.496 e. The number of carbonyl (C=O) groups is 1. The third kappa shape index (κ3) is 3.08. The third-order valence-corrected chi connectivity index (χ3v) is 5.61. The van der Waals surface area contributed by atoms with E-state index in [0.717, 1.165) is 31.3 Å². The molecule has 0 atom stereocenters.